The fraction of sp³-hybridized carbons (Fsp3) is 0.933. The Morgan fingerprint density at radius 1 is 1.42 bits per heavy atom. The highest BCUT2D eigenvalue weighted by atomic mass is 16.1. The Kier molecular flexibility index (Phi) is 5.81. The zero-order valence-corrected chi connectivity index (χ0v) is 13.2. The number of rotatable bonds is 6. The van der Waals surface area contributed by atoms with Gasteiger partial charge in [-0.05, 0) is 58.5 Å². The van der Waals surface area contributed by atoms with Gasteiger partial charge >= 0.3 is 0 Å². The van der Waals surface area contributed by atoms with Crippen LogP contribution in [0.25, 0.3) is 0 Å². The van der Waals surface area contributed by atoms with Crippen LogP contribution in [0.2, 0.25) is 0 Å². The number of primary amides is 1. The number of hydrogen-bond donors (Lipinski definition) is 2. The van der Waals surface area contributed by atoms with E-state index in [-0.39, 0.29) is 5.91 Å². The number of carbonyl (C=O) groups is 1. The lowest BCUT2D eigenvalue weighted by atomic mass is 9.85. The molecule has 4 unspecified atom stereocenters. The zero-order chi connectivity index (χ0) is 14.6. The number of likely N-dealkylation sites (tertiary alicyclic amines) is 1. The van der Waals surface area contributed by atoms with Crippen molar-refractivity contribution in [1.29, 1.82) is 0 Å². The first-order valence-corrected chi connectivity index (χ1v) is 7.53. The highest BCUT2D eigenvalue weighted by Gasteiger charge is 2.31. The number of nitrogens with one attached hydrogen (secondary N) is 1. The predicted octanol–water partition coefficient (Wildman–Crippen LogP) is 1.60. The van der Waals surface area contributed by atoms with Crippen molar-refractivity contribution in [3.8, 4) is 0 Å². The normalized spacial score (nSPS) is 31.9. The molecule has 4 heteroatoms. The van der Waals surface area contributed by atoms with Gasteiger partial charge in [0, 0.05) is 12.6 Å². The van der Waals surface area contributed by atoms with Gasteiger partial charge in [0.05, 0.1) is 5.54 Å². The third-order valence-electron chi connectivity index (χ3n) is 4.94. The van der Waals surface area contributed by atoms with Crippen LogP contribution in [-0.2, 0) is 4.79 Å². The van der Waals surface area contributed by atoms with Crippen LogP contribution in [0.3, 0.4) is 0 Å². The third-order valence-corrected chi connectivity index (χ3v) is 4.94. The van der Waals surface area contributed by atoms with Crippen molar-refractivity contribution in [2.24, 2.45) is 17.6 Å². The number of carbonyl (C=O) groups excluding carboxylic acids is 1. The molecule has 1 heterocycles. The van der Waals surface area contributed by atoms with Gasteiger partial charge in [-0.3, -0.25) is 4.79 Å². The molecule has 0 aromatic rings. The Labute approximate surface area is 118 Å². The van der Waals surface area contributed by atoms with E-state index < -0.39 is 5.54 Å². The summed E-state index contributed by atoms with van der Waals surface area (Å²) in [6.45, 7) is 11.1. The van der Waals surface area contributed by atoms with E-state index in [1.54, 1.807) is 7.05 Å². The lowest BCUT2D eigenvalue weighted by Gasteiger charge is -2.41. The van der Waals surface area contributed by atoms with E-state index in [0.717, 1.165) is 31.2 Å². The number of nitrogens with zero attached hydrogens (tertiary/aromatic N) is 1. The molecule has 0 saturated carbocycles. The molecule has 1 saturated heterocycles. The van der Waals surface area contributed by atoms with Crippen LogP contribution in [0.1, 0.15) is 47.0 Å². The van der Waals surface area contributed by atoms with Crippen molar-refractivity contribution in [2.45, 2.75) is 58.5 Å². The summed E-state index contributed by atoms with van der Waals surface area (Å²) in [5.74, 6) is 1.28. The monoisotopic (exact) mass is 269 g/mol. The summed E-state index contributed by atoms with van der Waals surface area (Å²) in [5, 5.41) is 3.05. The Balaban J connectivity index is 2.45. The first-order valence-electron chi connectivity index (χ1n) is 7.53. The minimum Gasteiger partial charge on any atom is -0.368 e. The SMILES string of the molecule is CNC(C)(CCCN1CC(C)CC(C)C1C)C(N)=O. The molecule has 3 N–H and O–H groups in total. The topological polar surface area (TPSA) is 58.4 Å². The average molecular weight is 269 g/mol. The molecule has 1 aliphatic rings. The molecule has 0 bridgehead atoms. The van der Waals surface area contributed by atoms with Crippen molar-refractivity contribution in [3.63, 3.8) is 0 Å². The van der Waals surface area contributed by atoms with E-state index in [9.17, 15) is 4.79 Å². The molecular formula is C15H31N3O. The van der Waals surface area contributed by atoms with Crippen LogP contribution in [0.5, 0.6) is 0 Å². The van der Waals surface area contributed by atoms with Gasteiger partial charge in [-0.25, -0.2) is 0 Å². The fourth-order valence-corrected chi connectivity index (χ4v) is 3.13. The molecule has 19 heavy (non-hydrogen) atoms. The second-order valence-electron chi connectivity index (χ2n) is 6.60. The zero-order valence-electron chi connectivity index (χ0n) is 13.2. The summed E-state index contributed by atoms with van der Waals surface area (Å²) >= 11 is 0. The van der Waals surface area contributed by atoms with Crippen LogP contribution in [0, 0.1) is 11.8 Å². The Hall–Kier alpha value is -0.610. The van der Waals surface area contributed by atoms with Crippen LogP contribution in [0.4, 0.5) is 0 Å². The molecule has 0 spiro atoms. The molecular weight excluding hydrogens is 238 g/mol. The third kappa shape index (κ3) is 4.18. The summed E-state index contributed by atoms with van der Waals surface area (Å²) in [7, 11) is 1.80. The van der Waals surface area contributed by atoms with Gasteiger partial charge in [0.25, 0.3) is 0 Å². The quantitative estimate of drug-likeness (QED) is 0.770. The van der Waals surface area contributed by atoms with Crippen LogP contribution < -0.4 is 11.1 Å². The second-order valence-corrected chi connectivity index (χ2v) is 6.60. The first kappa shape index (κ1) is 16.4. The molecule has 4 atom stereocenters. The van der Waals surface area contributed by atoms with Crippen molar-refractivity contribution in [2.75, 3.05) is 20.1 Å². The lowest BCUT2D eigenvalue weighted by molar-refractivity contribution is -0.124. The summed E-state index contributed by atoms with van der Waals surface area (Å²) in [4.78, 5) is 14.0. The van der Waals surface area contributed by atoms with E-state index in [1.807, 2.05) is 6.92 Å². The standard InChI is InChI=1S/C15H31N3O/c1-11-9-12(2)13(3)18(10-11)8-6-7-15(4,17-5)14(16)19/h11-13,17H,6-10H2,1-5H3,(H2,16,19). The molecule has 0 aromatic heterocycles. The van der Waals surface area contributed by atoms with Crippen LogP contribution in [-0.4, -0.2) is 42.5 Å². The minimum absolute atomic E-state index is 0.261. The largest absolute Gasteiger partial charge is 0.368 e. The Morgan fingerprint density at radius 2 is 2.05 bits per heavy atom. The number of likely N-dealkylation sites (N-methyl/N-ethyl adjacent to an activating group) is 1. The Morgan fingerprint density at radius 3 is 2.58 bits per heavy atom. The van der Waals surface area contributed by atoms with Crippen LogP contribution >= 0.6 is 0 Å². The van der Waals surface area contributed by atoms with Crippen LogP contribution in [0.15, 0.2) is 0 Å². The molecule has 0 aromatic carbocycles. The molecule has 1 fully saturated rings. The summed E-state index contributed by atoms with van der Waals surface area (Å²) in [6, 6.07) is 0.644. The fourth-order valence-electron chi connectivity index (χ4n) is 3.13. The number of nitrogens with two attached hydrogens (primary N) is 1. The van der Waals surface area contributed by atoms with E-state index in [4.69, 9.17) is 5.73 Å². The maximum atomic E-state index is 11.4. The summed E-state index contributed by atoms with van der Waals surface area (Å²) < 4.78 is 0. The van der Waals surface area contributed by atoms with E-state index in [1.165, 1.54) is 13.0 Å². The number of amides is 1. The smallest absolute Gasteiger partial charge is 0.237 e. The molecule has 112 valence electrons. The average Bonchev–Trinajstić information content (AvgIpc) is 2.34. The maximum Gasteiger partial charge on any atom is 0.237 e. The van der Waals surface area contributed by atoms with Gasteiger partial charge in [-0.15, -0.1) is 0 Å². The minimum atomic E-state index is -0.573. The van der Waals surface area contributed by atoms with Gasteiger partial charge in [0.2, 0.25) is 5.91 Å². The highest BCUT2D eigenvalue weighted by molar-refractivity contribution is 5.84. The van der Waals surface area contributed by atoms with Gasteiger partial charge in [-0.1, -0.05) is 13.8 Å². The second kappa shape index (κ2) is 6.71. The molecule has 0 aliphatic carbocycles. The van der Waals surface area contributed by atoms with Gasteiger partial charge in [0.1, 0.15) is 0 Å². The molecule has 1 rings (SSSR count). The number of piperidine rings is 1. The predicted molar refractivity (Wildman–Crippen MR) is 79.9 cm³/mol. The summed E-state index contributed by atoms with van der Waals surface area (Å²) in [6.07, 6.45) is 3.13. The van der Waals surface area contributed by atoms with E-state index >= 15 is 0 Å². The van der Waals surface area contributed by atoms with E-state index in [0.29, 0.717) is 6.04 Å². The Bertz CT molecular complexity index is 308. The number of hydrogen-bond acceptors (Lipinski definition) is 3. The van der Waals surface area contributed by atoms with Crippen molar-refractivity contribution in [3.05, 3.63) is 0 Å². The van der Waals surface area contributed by atoms with E-state index in [2.05, 4.69) is 31.0 Å². The van der Waals surface area contributed by atoms with Gasteiger partial charge in [0.15, 0.2) is 0 Å². The van der Waals surface area contributed by atoms with Crippen molar-refractivity contribution >= 4 is 5.91 Å². The summed E-state index contributed by atoms with van der Waals surface area (Å²) in [5.41, 5.74) is 4.88. The highest BCUT2D eigenvalue weighted by Crippen LogP contribution is 2.27. The van der Waals surface area contributed by atoms with Crippen molar-refractivity contribution < 1.29 is 4.79 Å². The van der Waals surface area contributed by atoms with Gasteiger partial charge in [-0.2, -0.15) is 0 Å². The molecule has 0 radical (unpaired) electrons. The van der Waals surface area contributed by atoms with Gasteiger partial charge < -0.3 is 16.0 Å². The van der Waals surface area contributed by atoms with Crippen molar-refractivity contribution in [1.82, 2.24) is 10.2 Å². The first-order chi connectivity index (χ1) is 8.80. The lowest BCUT2D eigenvalue weighted by Crippen LogP contribution is -2.52. The molecule has 1 amide bonds. The maximum absolute atomic E-state index is 11.4. The molecule has 1 aliphatic heterocycles. The molecule has 4 nitrogen and oxygen atoms in total.